The van der Waals surface area contributed by atoms with Crippen molar-refractivity contribution in [3.8, 4) is 5.75 Å². The van der Waals surface area contributed by atoms with Gasteiger partial charge in [-0.25, -0.2) is 0 Å². The number of amides is 1. The summed E-state index contributed by atoms with van der Waals surface area (Å²) in [5.41, 5.74) is 0.234. The molecule has 1 aliphatic heterocycles. The van der Waals surface area contributed by atoms with Gasteiger partial charge in [0, 0.05) is 12.2 Å². The van der Waals surface area contributed by atoms with Crippen molar-refractivity contribution in [1.29, 1.82) is 0 Å². The van der Waals surface area contributed by atoms with E-state index in [4.69, 9.17) is 9.47 Å². The van der Waals surface area contributed by atoms with Gasteiger partial charge in [0.2, 0.25) is 5.91 Å². The van der Waals surface area contributed by atoms with Gasteiger partial charge in [-0.2, -0.15) is 13.2 Å². The summed E-state index contributed by atoms with van der Waals surface area (Å²) in [4.78, 5) is 15.0. The Labute approximate surface area is 197 Å². The summed E-state index contributed by atoms with van der Waals surface area (Å²) in [6.07, 6.45) is -3.52. The second-order valence-electron chi connectivity index (χ2n) is 9.49. The number of anilines is 1. The number of rotatable bonds is 7. The van der Waals surface area contributed by atoms with Crippen molar-refractivity contribution in [3.63, 3.8) is 0 Å². The highest BCUT2D eigenvalue weighted by atomic mass is 19.4. The Hall–Kier alpha value is -2.58. The predicted octanol–water partition coefficient (Wildman–Crippen LogP) is 5.26. The predicted molar refractivity (Wildman–Crippen MR) is 122 cm³/mol. The Bertz CT molecular complexity index is 970. The first kappa shape index (κ1) is 24.5. The van der Waals surface area contributed by atoms with Gasteiger partial charge in [-0.3, -0.25) is 4.79 Å². The van der Waals surface area contributed by atoms with Gasteiger partial charge in [0.15, 0.2) is 6.10 Å². The first-order chi connectivity index (χ1) is 16.1. The third-order valence-electron chi connectivity index (χ3n) is 7.06. The maximum absolute atomic E-state index is 13.3. The van der Waals surface area contributed by atoms with Crippen molar-refractivity contribution in [2.24, 2.45) is 5.41 Å². The molecule has 1 heterocycles. The molecule has 0 bridgehead atoms. The molecule has 1 saturated carbocycles. The number of hydrogen-bond donors (Lipinski definition) is 1. The lowest BCUT2D eigenvalue weighted by Crippen LogP contribution is -2.45. The molecule has 1 amide bonds. The molecule has 1 atom stereocenters. The SMILES string of the molecule is CC(Oc1ccc(N2CCC3(CCC(O)(COCc4ccccc4)CC3)C2=O)cc1)C(F)(F)F. The number of carbonyl (C=O) groups is 1. The minimum Gasteiger partial charge on any atom is -0.481 e. The molecule has 1 spiro atoms. The lowest BCUT2D eigenvalue weighted by Gasteiger charge is -2.40. The fraction of sp³-hybridized carbons (Fsp3) is 0.500. The van der Waals surface area contributed by atoms with Gasteiger partial charge in [-0.05, 0) is 68.9 Å². The van der Waals surface area contributed by atoms with Crippen LogP contribution in [0.3, 0.4) is 0 Å². The lowest BCUT2D eigenvalue weighted by atomic mass is 9.68. The molecule has 34 heavy (non-hydrogen) atoms. The van der Waals surface area contributed by atoms with Crippen LogP contribution in [0.25, 0.3) is 0 Å². The fourth-order valence-electron chi connectivity index (χ4n) is 4.78. The molecule has 2 aromatic rings. The molecule has 0 radical (unpaired) electrons. The third kappa shape index (κ3) is 5.39. The van der Waals surface area contributed by atoms with E-state index < -0.39 is 23.3 Å². The molecule has 5 nitrogen and oxygen atoms in total. The van der Waals surface area contributed by atoms with E-state index in [-0.39, 0.29) is 18.3 Å². The average molecular weight is 478 g/mol. The van der Waals surface area contributed by atoms with Gasteiger partial charge in [-0.1, -0.05) is 30.3 Å². The van der Waals surface area contributed by atoms with Crippen LogP contribution in [0.15, 0.2) is 54.6 Å². The number of carbonyl (C=O) groups excluding carboxylic acids is 1. The van der Waals surface area contributed by atoms with Gasteiger partial charge in [0.25, 0.3) is 0 Å². The Morgan fingerprint density at radius 1 is 1.00 bits per heavy atom. The second kappa shape index (κ2) is 9.58. The molecule has 1 saturated heterocycles. The molecule has 8 heteroatoms. The van der Waals surface area contributed by atoms with Crippen LogP contribution in [0.1, 0.15) is 44.6 Å². The van der Waals surface area contributed by atoms with E-state index in [0.717, 1.165) is 12.5 Å². The fourth-order valence-corrected chi connectivity index (χ4v) is 4.78. The highest BCUT2D eigenvalue weighted by Crippen LogP contribution is 2.48. The normalized spacial score (nSPS) is 26.1. The van der Waals surface area contributed by atoms with E-state index in [0.29, 0.717) is 50.9 Å². The van der Waals surface area contributed by atoms with Crippen molar-refractivity contribution >= 4 is 11.6 Å². The number of benzene rings is 2. The molecule has 1 aliphatic carbocycles. The number of halogens is 3. The molecule has 4 rings (SSSR count). The number of nitrogens with zero attached hydrogens (tertiary/aromatic N) is 1. The summed E-state index contributed by atoms with van der Waals surface area (Å²) in [6.45, 7) is 2.16. The maximum atomic E-state index is 13.3. The van der Waals surface area contributed by atoms with Crippen LogP contribution in [0.5, 0.6) is 5.75 Å². The topological polar surface area (TPSA) is 59.0 Å². The van der Waals surface area contributed by atoms with Crippen LogP contribution in [0.2, 0.25) is 0 Å². The molecular weight excluding hydrogens is 447 g/mol. The summed E-state index contributed by atoms with van der Waals surface area (Å²) in [5.74, 6) is 0.116. The van der Waals surface area contributed by atoms with E-state index in [9.17, 15) is 23.1 Å². The molecule has 1 N–H and O–H groups in total. The first-order valence-corrected chi connectivity index (χ1v) is 11.6. The van der Waals surface area contributed by atoms with E-state index in [1.807, 2.05) is 30.3 Å². The van der Waals surface area contributed by atoms with Crippen LogP contribution < -0.4 is 9.64 Å². The molecule has 0 aromatic heterocycles. The maximum Gasteiger partial charge on any atom is 0.425 e. The Kier molecular flexibility index (Phi) is 6.92. The Morgan fingerprint density at radius 2 is 1.65 bits per heavy atom. The quantitative estimate of drug-likeness (QED) is 0.591. The van der Waals surface area contributed by atoms with E-state index >= 15 is 0 Å². The first-order valence-electron chi connectivity index (χ1n) is 11.6. The van der Waals surface area contributed by atoms with Gasteiger partial charge >= 0.3 is 6.18 Å². The zero-order valence-electron chi connectivity index (χ0n) is 19.2. The highest BCUT2D eigenvalue weighted by molar-refractivity contribution is 6.00. The Balaban J connectivity index is 1.31. The van der Waals surface area contributed by atoms with Crippen molar-refractivity contribution < 1.29 is 32.5 Å². The van der Waals surface area contributed by atoms with Gasteiger partial charge < -0.3 is 19.5 Å². The van der Waals surface area contributed by atoms with Crippen molar-refractivity contribution in [3.05, 3.63) is 60.2 Å². The third-order valence-corrected chi connectivity index (χ3v) is 7.06. The molecular formula is C26H30F3NO4. The van der Waals surface area contributed by atoms with Gasteiger partial charge in [0.05, 0.1) is 24.2 Å². The van der Waals surface area contributed by atoms with Crippen LogP contribution >= 0.6 is 0 Å². The van der Waals surface area contributed by atoms with E-state index in [1.165, 1.54) is 12.1 Å². The van der Waals surface area contributed by atoms with E-state index in [2.05, 4.69) is 0 Å². The van der Waals surface area contributed by atoms with Crippen molar-refractivity contribution in [2.45, 2.75) is 63.5 Å². The molecule has 1 unspecified atom stereocenters. The minimum atomic E-state index is -4.44. The molecule has 184 valence electrons. The zero-order valence-corrected chi connectivity index (χ0v) is 19.2. The van der Waals surface area contributed by atoms with Crippen molar-refractivity contribution in [1.82, 2.24) is 0 Å². The van der Waals surface area contributed by atoms with Crippen LogP contribution in [0.4, 0.5) is 18.9 Å². The lowest BCUT2D eigenvalue weighted by molar-refractivity contribution is -0.189. The van der Waals surface area contributed by atoms with Gasteiger partial charge in [0.1, 0.15) is 5.75 Å². The van der Waals surface area contributed by atoms with Gasteiger partial charge in [-0.15, -0.1) is 0 Å². The number of ether oxygens (including phenoxy) is 2. The Morgan fingerprint density at radius 3 is 2.26 bits per heavy atom. The largest absolute Gasteiger partial charge is 0.481 e. The van der Waals surface area contributed by atoms with Crippen molar-refractivity contribution in [2.75, 3.05) is 18.1 Å². The number of alkyl halides is 3. The van der Waals surface area contributed by atoms with E-state index in [1.54, 1.807) is 17.0 Å². The summed E-state index contributed by atoms with van der Waals surface area (Å²) in [6, 6.07) is 15.9. The summed E-state index contributed by atoms with van der Waals surface area (Å²) < 4.78 is 48.8. The molecule has 2 aliphatic rings. The highest BCUT2D eigenvalue weighted by Gasteiger charge is 2.51. The smallest absolute Gasteiger partial charge is 0.425 e. The standard InChI is InChI=1S/C26H30F3NO4/c1-19(26(27,28)29)34-22-9-7-21(8-10-22)30-16-15-24(23(30)31)11-13-25(32,14-12-24)18-33-17-20-5-3-2-4-6-20/h2-10,19,32H,11-18H2,1H3. The summed E-state index contributed by atoms with van der Waals surface area (Å²) >= 11 is 0. The molecule has 2 fully saturated rings. The second-order valence-corrected chi connectivity index (χ2v) is 9.49. The monoisotopic (exact) mass is 477 g/mol. The number of hydrogen-bond acceptors (Lipinski definition) is 4. The number of aliphatic hydroxyl groups is 1. The van der Waals surface area contributed by atoms with Crippen LogP contribution in [-0.2, 0) is 16.1 Å². The van der Waals surface area contributed by atoms with Crippen LogP contribution in [-0.4, -0.2) is 42.0 Å². The average Bonchev–Trinajstić information content (AvgIpc) is 3.13. The van der Waals surface area contributed by atoms with Crippen LogP contribution in [0, 0.1) is 5.41 Å². The minimum absolute atomic E-state index is 0.0112. The summed E-state index contributed by atoms with van der Waals surface area (Å²) in [5, 5.41) is 11.0. The molecule has 2 aromatic carbocycles. The zero-order chi connectivity index (χ0) is 24.4. The summed E-state index contributed by atoms with van der Waals surface area (Å²) in [7, 11) is 0.